The fraction of sp³-hybridized carbons (Fsp3) is 0.333. The largest absolute Gasteiger partial charge is 0.369 e. The molecule has 0 heterocycles. The van der Waals surface area contributed by atoms with E-state index in [1.807, 2.05) is 4.90 Å². The number of hydrogen-bond donors (Lipinski definition) is 0. The van der Waals surface area contributed by atoms with E-state index in [-0.39, 0.29) is 5.82 Å². The van der Waals surface area contributed by atoms with Crippen molar-refractivity contribution in [3.63, 3.8) is 0 Å². The second-order valence-corrected chi connectivity index (χ2v) is 3.28. The maximum atomic E-state index is 12.7. The fourth-order valence-electron chi connectivity index (χ4n) is 1.39. The third-order valence-electron chi connectivity index (χ3n) is 2.18. The highest BCUT2D eigenvalue weighted by atomic mass is 19.1. The van der Waals surface area contributed by atoms with Crippen molar-refractivity contribution >= 4 is 5.69 Å². The summed E-state index contributed by atoms with van der Waals surface area (Å²) in [5.74, 6) is -0.288. The highest BCUT2D eigenvalue weighted by Crippen LogP contribution is 2.15. The van der Waals surface area contributed by atoms with Gasteiger partial charge in [-0.1, -0.05) is 0 Å². The van der Waals surface area contributed by atoms with Crippen LogP contribution in [0.25, 0.3) is 0 Å². The van der Waals surface area contributed by atoms with E-state index in [1.54, 1.807) is 12.1 Å². The van der Waals surface area contributed by atoms with Gasteiger partial charge in [-0.3, -0.25) is 0 Å². The van der Waals surface area contributed by atoms with E-state index in [0.717, 1.165) is 5.69 Å². The Morgan fingerprint density at radius 2 is 1.50 bits per heavy atom. The second kappa shape index (κ2) is 6.42. The van der Waals surface area contributed by atoms with Gasteiger partial charge in [-0.2, -0.15) is 10.5 Å². The van der Waals surface area contributed by atoms with Gasteiger partial charge in [-0.05, 0) is 24.3 Å². The van der Waals surface area contributed by atoms with Crippen LogP contribution in [-0.2, 0) is 0 Å². The van der Waals surface area contributed by atoms with E-state index >= 15 is 0 Å². The molecule has 0 atom stereocenters. The zero-order chi connectivity index (χ0) is 11.8. The number of rotatable bonds is 5. The fourth-order valence-corrected chi connectivity index (χ4v) is 1.39. The van der Waals surface area contributed by atoms with Crippen LogP contribution < -0.4 is 4.90 Å². The van der Waals surface area contributed by atoms with Crippen molar-refractivity contribution < 1.29 is 4.39 Å². The highest BCUT2D eigenvalue weighted by molar-refractivity contribution is 5.46. The number of nitriles is 2. The van der Waals surface area contributed by atoms with E-state index in [4.69, 9.17) is 10.5 Å². The van der Waals surface area contributed by atoms with Crippen molar-refractivity contribution in [2.24, 2.45) is 0 Å². The van der Waals surface area contributed by atoms with E-state index in [9.17, 15) is 4.39 Å². The normalized spacial score (nSPS) is 9.19. The Labute approximate surface area is 94.3 Å². The molecule has 3 nitrogen and oxygen atoms in total. The van der Waals surface area contributed by atoms with Crippen LogP contribution >= 0.6 is 0 Å². The molecule has 0 unspecified atom stereocenters. The molecule has 0 amide bonds. The summed E-state index contributed by atoms with van der Waals surface area (Å²) in [5, 5.41) is 17.1. The molecule has 0 aliphatic rings. The third kappa shape index (κ3) is 3.59. The van der Waals surface area contributed by atoms with E-state index in [1.165, 1.54) is 12.1 Å². The number of nitrogens with zero attached hydrogens (tertiary/aromatic N) is 3. The van der Waals surface area contributed by atoms with E-state index in [2.05, 4.69) is 12.1 Å². The van der Waals surface area contributed by atoms with Crippen LogP contribution in [-0.4, -0.2) is 13.1 Å². The van der Waals surface area contributed by atoms with Crippen LogP contribution in [0, 0.1) is 28.5 Å². The molecule has 0 saturated carbocycles. The summed E-state index contributed by atoms with van der Waals surface area (Å²) in [7, 11) is 0. The number of anilines is 1. The lowest BCUT2D eigenvalue weighted by Gasteiger charge is -2.22. The minimum absolute atomic E-state index is 0.288. The zero-order valence-electron chi connectivity index (χ0n) is 8.86. The van der Waals surface area contributed by atoms with Gasteiger partial charge < -0.3 is 4.90 Å². The predicted molar refractivity (Wildman–Crippen MR) is 59.1 cm³/mol. The van der Waals surface area contributed by atoms with E-state index < -0.39 is 0 Å². The summed E-state index contributed by atoms with van der Waals surface area (Å²) in [4.78, 5) is 1.91. The minimum atomic E-state index is -0.288. The minimum Gasteiger partial charge on any atom is -0.369 e. The molecular weight excluding hydrogens is 205 g/mol. The van der Waals surface area contributed by atoms with Gasteiger partial charge in [-0.15, -0.1) is 0 Å². The highest BCUT2D eigenvalue weighted by Gasteiger charge is 2.05. The van der Waals surface area contributed by atoms with Gasteiger partial charge in [0.25, 0.3) is 0 Å². The van der Waals surface area contributed by atoms with Gasteiger partial charge in [0.05, 0.1) is 25.0 Å². The zero-order valence-corrected chi connectivity index (χ0v) is 8.86. The average Bonchev–Trinajstić information content (AvgIpc) is 2.31. The van der Waals surface area contributed by atoms with E-state index in [0.29, 0.717) is 25.9 Å². The van der Waals surface area contributed by atoms with Crippen molar-refractivity contribution in [1.82, 2.24) is 0 Å². The summed E-state index contributed by atoms with van der Waals surface area (Å²) >= 11 is 0. The Hall–Kier alpha value is -2.07. The van der Waals surface area contributed by atoms with Crippen molar-refractivity contribution in [3.8, 4) is 12.1 Å². The molecule has 0 aliphatic heterocycles. The summed E-state index contributed by atoms with van der Waals surface area (Å²) in [6.45, 7) is 1.12. The molecule has 0 aliphatic carbocycles. The van der Waals surface area contributed by atoms with Crippen molar-refractivity contribution in [2.45, 2.75) is 12.8 Å². The van der Waals surface area contributed by atoms with Gasteiger partial charge in [0.1, 0.15) is 5.82 Å². The summed E-state index contributed by atoms with van der Waals surface area (Å²) in [6.07, 6.45) is 0.783. The molecule has 0 aromatic heterocycles. The first-order valence-corrected chi connectivity index (χ1v) is 5.02. The molecule has 16 heavy (non-hydrogen) atoms. The molecule has 1 aromatic rings. The molecule has 1 rings (SSSR count). The maximum Gasteiger partial charge on any atom is 0.123 e. The Morgan fingerprint density at radius 3 is 1.94 bits per heavy atom. The lowest BCUT2D eigenvalue weighted by molar-refractivity contribution is 0.627. The molecule has 4 heteroatoms. The third-order valence-corrected chi connectivity index (χ3v) is 2.18. The number of benzene rings is 1. The van der Waals surface area contributed by atoms with Gasteiger partial charge in [-0.25, -0.2) is 4.39 Å². The first-order chi connectivity index (χ1) is 7.77. The van der Waals surface area contributed by atoms with Gasteiger partial charge >= 0.3 is 0 Å². The number of hydrogen-bond acceptors (Lipinski definition) is 3. The second-order valence-electron chi connectivity index (χ2n) is 3.28. The molecule has 0 saturated heterocycles. The molecular formula is C12H12FN3. The first-order valence-electron chi connectivity index (χ1n) is 5.02. The SMILES string of the molecule is N#CCCN(CCC#N)c1ccc(F)cc1. The standard InChI is InChI=1S/C12H12FN3/c13-11-3-5-12(6-4-11)16(9-1-7-14)10-2-8-15/h3-6H,1-2,9-10H2. The summed E-state index contributed by atoms with van der Waals surface area (Å²) < 4.78 is 12.7. The van der Waals surface area contributed by atoms with Gasteiger partial charge in [0, 0.05) is 18.8 Å². The van der Waals surface area contributed by atoms with Crippen LogP contribution in [0.4, 0.5) is 10.1 Å². The number of halogens is 1. The van der Waals surface area contributed by atoms with Gasteiger partial charge in [0.2, 0.25) is 0 Å². The Morgan fingerprint density at radius 1 is 1.00 bits per heavy atom. The van der Waals surface area contributed by atoms with Crippen molar-refractivity contribution in [3.05, 3.63) is 30.1 Å². The van der Waals surface area contributed by atoms with Gasteiger partial charge in [0.15, 0.2) is 0 Å². The van der Waals surface area contributed by atoms with Crippen LogP contribution in [0.5, 0.6) is 0 Å². The van der Waals surface area contributed by atoms with Crippen molar-refractivity contribution in [1.29, 1.82) is 10.5 Å². The predicted octanol–water partition coefficient (Wildman–Crippen LogP) is 2.46. The lowest BCUT2D eigenvalue weighted by atomic mass is 10.2. The first kappa shape index (κ1) is 12.0. The topological polar surface area (TPSA) is 50.8 Å². The Kier molecular flexibility index (Phi) is 4.82. The summed E-state index contributed by atoms with van der Waals surface area (Å²) in [6, 6.07) is 10.2. The molecule has 1 aromatic carbocycles. The molecule has 0 bridgehead atoms. The summed E-state index contributed by atoms with van der Waals surface area (Å²) in [5.41, 5.74) is 0.840. The molecule has 82 valence electrons. The lowest BCUT2D eigenvalue weighted by Crippen LogP contribution is -2.25. The Balaban J connectivity index is 2.71. The van der Waals surface area contributed by atoms with Crippen LogP contribution in [0.1, 0.15) is 12.8 Å². The van der Waals surface area contributed by atoms with Crippen LogP contribution in [0.2, 0.25) is 0 Å². The molecule has 0 radical (unpaired) electrons. The van der Waals surface area contributed by atoms with Crippen molar-refractivity contribution in [2.75, 3.05) is 18.0 Å². The van der Waals surface area contributed by atoms with Crippen LogP contribution in [0.15, 0.2) is 24.3 Å². The maximum absolute atomic E-state index is 12.7. The Bertz CT molecular complexity index is 382. The van der Waals surface area contributed by atoms with Crippen LogP contribution in [0.3, 0.4) is 0 Å². The monoisotopic (exact) mass is 217 g/mol. The molecule has 0 fully saturated rings. The molecule has 0 N–H and O–H groups in total. The molecule has 0 spiro atoms. The quantitative estimate of drug-likeness (QED) is 0.761. The smallest absolute Gasteiger partial charge is 0.123 e. The average molecular weight is 217 g/mol.